The van der Waals surface area contributed by atoms with Gasteiger partial charge < -0.3 is 15.0 Å². The van der Waals surface area contributed by atoms with Gasteiger partial charge in [-0.25, -0.2) is 24.7 Å². The third kappa shape index (κ3) is 4.08. The lowest BCUT2D eigenvalue weighted by Crippen LogP contribution is -2.30. The van der Waals surface area contributed by atoms with E-state index in [1.807, 2.05) is 6.07 Å². The summed E-state index contributed by atoms with van der Waals surface area (Å²) in [5.41, 5.74) is 1.79. The molecule has 1 atom stereocenters. The maximum Gasteiger partial charge on any atom is 0.358 e. The lowest BCUT2D eigenvalue weighted by molar-refractivity contribution is -0.123. The van der Waals surface area contributed by atoms with Crippen molar-refractivity contribution in [2.24, 2.45) is 0 Å². The van der Waals surface area contributed by atoms with Crippen LogP contribution in [-0.2, 0) is 9.53 Å². The van der Waals surface area contributed by atoms with Crippen molar-refractivity contribution in [2.75, 3.05) is 5.32 Å². The Balaban J connectivity index is 1.43. The Labute approximate surface area is 173 Å². The van der Waals surface area contributed by atoms with Crippen LogP contribution in [-0.4, -0.2) is 42.9 Å². The zero-order valence-electron chi connectivity index (χ0n) is 14.9. The molecule has 29 heavy (non-hydrogen) atoms. The molecule has 1 amide bonds. The van der Waals surface area contributed by atoms with Gasteiger partial charge in [-0.2, -0.15) is 0 Å². The van der Waals surface area contributed by atoms with Crippen LogP contribution in [0.1, 0.15) is 17.4 Å². The monoisotopic (exact) mass is 428 g/mol. The maximum atomic E-state index is 12.4. The van der Waals surface area contributed by atoms with Crippen LogP contribution in [0, 0.1) is 0 Å². The van der Waals surface area contributed by atoms with E-state index in [9.17, 15) is 9.59 Å². The summed E-state index contributed by atoms with van der Waals surface area (Å²) in [5.74, 6) is -0.998. The highest BCUT2D eigenvalue weighted by Crippen LogP contribution is 2.26. The van der Waals surface area contributed by atoms with Gasteiger partial charge in [-0.1, -0.05) is 23.7 Å². The van der Waals surface area contributed by atoms with E-state index in [0.717, 1.165) is 5.56 Å². The smallest absolute Gasteiger partial charge is 0.358 e. The van der Waals surface area contributed by atoms with Gasteiger partial charge in [0.15, 0.2) is 23.3 Å². The molecule has 0 bridgehead atoms. The number of aromatic nitrogens is 5. The molecule has 0 fully saturated rings. The van der Waals surface area contributed by atoms with E-state index in [2.05, 4.69) is 30.2 Å². The van der Waals surface area contributed by atoms with Gasteiger partial charge in [-0.05, 0) is 19.1 Å². The molecule has 0 saturated carbocycles. The average molecular weight is 429 g/mol. The Hall–Kier alpha value is -3.37. The van der Waals surface area contributed by atoms with Crippen LogP contribution in [0.4, 0.5) is 5.82 Å². The first-order valence-corrected chi connectivity index (χ1v) is 9.64. The van der Waals surface area contributed by atoms with Crippen molar-refractivity contribution in [1.29, 1.82) is 0 Å². The van der Waals surface area contributed by atoms with Gasteiger partial charge in [-0.3, -0.25) is 4.79 Å². The molecule has 146 valence electrons. The van der Waals surface area contributed by atoms with E-state index >= 15 is 0 Å². The molecule has 3 aromatic heterocycles. The molecule has 0 aliphatic heterocycles. The van der Waals surface area contributed by atoms with Crippen molar-refractivity contribution in [3.63, 3.8) is 0 Å². The Kier molecular flexibility index (Phi) is 5.19. The number of nitrogens with one attached hydrogen (secondary N) is 2. The van der Waals surface area contributed by atoms with Crippen LogP contribution in [0.2, 0.25) is 5.02 Å². The van der Waals surface area contributed by atoms with E-state index in [1.165, 1.54) is 30.9 Å². The molecule has 3 heterocycles. The second-order valence-corrected chi connectivity index (χ2v) is 7.20. The summed E-state index contributed by atoms with van der Waals surface area (Å²) in [7, 11) is 0. The number of carbonyl (C=O) groups is 2. The molecule has 0 radical (unpaired) electrons. The minimum Gasteiger partial charge on any atom is -0.448 e. The number of imidazole rings is 1. The predicted octanol–water partition coefficient (Wildman–Crippen LogP) is 3.31. The summed E-state index contributed by atoms with van der Waals surface area (Å²) in [6.45, 7) is 1.46. The van der Waals surface area contributed by atoms with E-state index in [-0.39, 0.29) is 11.5 Å². The number of ether oxygens (including phenoxy) is 1. The molecule has 9 nitrogen and oxygen atoms in total. The summed E-state index contributed by atoms with van der Waals surface area (Å²) < 4.78 is 5.23. The van der Waals surface area contributed by atoms with Crippen LogP contribution in [0.15, 0.2) is 42.3 Å². The van der Waals surface area contributed by atoms with E-state index in [0.29, 0.717) is 21.2 Å². The fourth-order valence-electron chi connectivity index (χ4n) is 2.47. The summed E-state index contributed by atoms with van der Waals surface area (Å²) in [4.78, 5) is 43.8. The second-order valence-electron chi connectivity index (χ2n) is 5.91. The summed E-state index contributed by atoms with van der Waals surface area (Å²) in [5, 5.41) is 5.36. The molecule has 4 rings (SSSR count). The molecule has 0 saturated heterocycles. The number of aromatic amines is 1. The lowest BCUT2D eigenvalue weighted by Gasteiger charge is -2.12. The second kappa shape index (κ2) is 7.94. The first kappa shape index (κ1) is 19.0. The van der Waals surface area contributed by atoms with E-state index < -0.39 is 18.0 Å². The third-order valence-corrected chi connectivity index (χ3v) is 5.03. The minimum atomic E-state index is -1.06. The van der Waals surface area contributed by atoms with Crippen LogP contribution in [0.25, 0.3) is 21.7 Å². The van der Waals surface area contributed by atoms with E-state index in [1.54, 1.807) is 23.6 Å². The fourth-order valence-corrected chi connectivity index (χ4v) is 3.45. The normalized spacial score (nSPS) is 11.9. The SMILES string of the molecule is CC(OC(=O)c1csc(-c2cccc(Cl)c2)n1)C(=O)Nc1ncnc2nc[nH]c12. The number of hydrogen-bond donors (Lipinski definition) is 2. The number of anilines is 1. The standard InChI is InChI=1S/C18H13ClN6O3S/c1-9(16(26)25-15-13-14(21-7-20-13)22-8-23-15)28-18(27)12-6-29-17(24-12)10-3-2-4-11(19)5-10/h2-9H,1H3,(H2,20,21,22,23,25,26). The highest BCUT2D eigenvalue weighted by atomic mass is 35.5. The van der Waals surface area contributed by atoms with Gasteiger partial charge in [0, 0.05) is 16.0 Å². The van der Waals surface area contributed by atoms with Crippen molar-refractivity contribution in [1.82, 2.24) is 24.9 Å². The number of hydrogen-bond acceptors (Lipinski definition) is 8. The molecular formula is C18H13ClN6O3S. The number of esters is 1. The van der Waals surface area contributed by atoms with Crippen LogP contribution >= 0.6 is 22.9 Å². The number of carbonyl (C=O) groups excluding carboxylic acids is 2. The number of nitrogens with zero attached hydrogens (tertiary/aromatic N) is 4. The highest BCUT2D eigenvalue weighted by Gasteiger charge is 2.22. The largest absolute Gasteiger partial charge is 0.448 e. The molecule has 4 aromatic rings. The van der Waals surface area contributed by atoms with Gasteiger partial charge in [-0.15, -0.1) is 11.3 Å². The van der Waals surface area contributed by atoms with Crippen LogP contribution < -0.4 is 5.32 Å². The van der Waals surface area contributed by atoms with Gasteiger partial charge in [0.05, 0.1) is 6.33 Å². The summed E-state index contributed by atoms with van der Waals surface area (Å²) in [6.07, 6.45) is 1.66. The van der Waals surface area contributed by atoms with Crippen LogP contribution in [0.3, 0.4) is 0 Å². The van der Waals surface area contributed by atoms with Gasteiger partial charge in [0.2, 0.25) is 0 Å². The molecule has 0 spiro atoms. The van der Waals surface area contributed by atoms with Gasteiger partial charge >= 0.3 is 5.97 Å². The number of fused-ring (bicyclic) bond motifs is 1. The summed E-state index contributed by atoms with van der Waals surface area (Å²) >= 11 is 7.27. The molecular weight excluding hydrogens is 416 g/mol. The Morgan fingerprint density at radius 1 is 1.28 bits per heavy atom. The van der Waals surface area contributed by atoms with Gasteiger partial charge in [0.25, 0.3) is 5.91 Å². The zero-order valence-corrected chi connectivity index (χ0v) is 16.5. The van der Waals surface area contributed by atoms with Gasteiger partial charge in [0.1, 0.15) is 16.9 Å². The average Bonchev–Trinajstić information content (AvgIpc) is 3.38. The van der Waals surface area contributed by atoms with E-state index in [4.69, 9.17) is 16.3 Å². The van der Waals surface area contributed by atoms with Crippen LogP contribution in [0.5, 0.6) is 0 Å². The predicted molar refractivity (Wildman–Crippen MR) is 108 cm³/mol. The molecule has 0 aliphatic rings. The quantitative estimate of drug-likeness (QED) is 0.467. The number of rotatable bonds is 5. The van der Waals surface area contributed by atoms with Crippen molar-refractivity contribution in [2.45, 2.75) is 13.0 Å². The van der Waals surface area contributed by atoms with Crippen molar-refractivity contribution in [3.8, 4) is 10.6 Å². The number of halogens is 1. The van der Waals surface area contributed by atoms with Crippen molar-refractivity contribution in [3.05, 3.63) is 53.0 Å². The minimum absolute atomic E-state index is 0.114. The Morgan fingerprint density at radius 3 is 2.97 bits per heavy atom. The van der Waals surface area contributed by atoms with Crippen molar-refractivity contribution >= 4 is 51.8 Å². The maximum absolute atomic E-state index is 12.4. The Morgan fingerprint density at radius 2 is 2.14 bits per heavy atom. The summed E-state index contributed by atoms with van der Waals surface area (Å²) in [6, 6.07) is 7.15. The molecule has 11 heteroatoms. The van der Waals surface area contributed by atoms with Crippen molar-refractivity contribution < 1.29 is 14.3 Å². The molecule has 1 unspecified atom stereocenters. The number of benzene rings is 1. The number of H-pyrrole nitrogens is 1. The molecule has 2 N–H and O–H groups in total. The fraction of sp³-hybridized carbons (Fsp3) is 0.111. The molecule has 0 aliphatic carbocycles. The number of thiazole rings is 1. The third-order valence-electron chi connectivity index (χ3n) is 3.90. The first-order chi connectivity index (χ1) is 14.0. The zero-order chi connectivity index (χ0) is 20.4. The lowest BCUT2D eigenvalue weighted by atomic mass is 10.2. The highest BCUT2D eigenvalue weighted by molar-refractivity contribution is 7.13. The topological polar surface area (TPSA) is 123 Å². The Bertz CT molecular complexity index is 1210. The molecule has 1 aromatic carbocycles. The first-order valence-electron chi connectivity index (χ1n) is 8.38. The number of amides is 1.